The minimum absolute atomic E-state index is 0.109. The van der Waals surface area contributed by atoms with Gasteiger partial charge in [-0.3, -0.25) is 4.79 Å². The summed E-state index contributed by atoms with van der Waals surface area (Å²) in [5.41, 5.74) is 9.15. The second kappa shape index (κ2) is 6.11. The molecule has 1 aromatic heterocycles. The van der Waals surface area contributed by atoms with Crippen LogP contribution in [0.25, 0.3) is 0 Å². The number of nitrogen functional groups attached to an aromatic ring is 1. The molecule has 1 fully saturated rings. The molecule has 1 amide bonds. The molecular formula is C18H21N5O. The van der Waals surface area contributed by atoms with Gasteiger partial charge in [0.25, 0.3) is 5.91 Å². The van der Waals surface area contributed by atoms with Crippen LogP contribution < -0.4 is 15.5 Å². The van der Waals surface area contributed by atoms with Gasteiger partial charge in [0.05, 0.1) is 0 Å². The minimum Gasteiger partial charge on any atom is -0.398 e. The highest BCUT2D eigenvalue weighted by molar-refractivity contribution is 6.05. The number of amides is 1. The Balaban J connectivity index is 1.59. The molecule has 6 heteroatoms. The van der Waals surface area contributed by atoms with Gasteiger partial charge in [-0.1, -0.05) is 6.07 Å². The average molecular weight is 323 g/mol. The Morgan fingerprint density at radius 3 is 2.58 bits per heavy atom. The molecule has 3 heterocycles. The number of fused-ring (bicyclic) bond motifs is 1. The molecule has 0 unspecified atom stereocenters. The molecule has 0 radical (unpaired) electrons. The molecule has 4 rings (SSSR count). The van der Waals surface area contributed by atoms with Gasteiger partial charge in [-0.15, -0.1) is 10.2 Å². The number of anilines is 3. The monoisotopic (exact) mass is 323 g/mol. The minimum atomic E-state index is -0.109. The fourth-order valence-corrected chi connectivity index (χ4v) is 3.56. The number of aromatic nitrogens is 2. The van der Waals surface area contributed by atoms with Crippen LogP contribution in [0.4, 0.5) is 17.2 Å². The lowest BCUT2D eigenvalue weighted by Crippen LogP contribution is -2.36. The summed E-state index contributed by atoms with van der Waals surface area (Å²) in [5.74, 6) is 0.745. The quantitative estimate of drug-likeness (QED) is 0.858. The lowest BCUT2D eigenvalue weighted by Gasteiger charge is -2.30. The Labute approximate surface area is 141 Å². The molecular weight excluding hydrogens is 302 g/mol. The van der Waals surface area contributed by atoms with Crippen LogP contribution in [-0.2, 0) is 6.42 Å². The van der Waals surface area contributed by atoms with E-state index in [9.17, 15) is 4.79 Å². The maximum atomic E-state index is 12.9. The van der Waals surface area contributed by atoms with Crippen LogP contribution in [0.3, 0.4) is 0 Å². The predicted molar refractivity (Wildman–Crippen MR) is 94.3 cm³/mol. The molecule has 1 aromatic carbocycles. The first kappa shape index (κ1) is 14.9. The first-order valence-electron chi connectivity index (χ1n) is 8.52. The van der Waals surface area contributed by atoms with E-state index in [2.05, 4.69) is 15.1 Å². The Morgan fingerprint density at radius 2 is 1.83 bits per heavy atom. The topological polar surface area (TPSA) is 75.3 Å². The zero-order valence-electron chi connectivity index (χ0n) is 13.6. The molecule has 24 heavy (non-hydrogen) atoms. The van der Waals surface area contributed by atoms with E-state index in [1.165, 1.54) is 12.8 Å². The van der Waals surface area contributed by atoms with Gasteiger partial charge in [-0.2, -0.15) is 0 Å². The number of carbonyl (C=O) groups is 1. The summed E-state index contributed by atoms with van der Waals surface area (Å²) in [7, 11) is 0. The summed E-state index contributed by atoms with van der Waals surface area (Å²) in [6.45, 7) is 2.71. The normalized spacial score (nSPS) is 17.0. The van der Waals surface area contributed by atoms with Crippen LogP contribution >= 0.6 is 0 Å². The van der Waals surface area contributed by atoms with Crippen molar-refractivity contribution in [2.24, 2.45) is 0 Å². The highest BCUT2D eigenvalue weighted by Gasteiger charge is 2.26. The van der Waals surface area contributed by atoms with Crippen molar-refractivity contribution in [3.63, 3.8) is 0 Å². The van der Waals surface area contributed by atoms with Gasteiger partial charge in [-0.05, 0) is 55.5 Å². The third-order valence-electron chi connectivity index (χ3n) is 4.83. The molecule has 0 aliphatic carbocycles. The third kappa shape index (κ3) is 2.58. The summed E-state index contributed by atoms with van der Waals surface area (Å²) >= 11 is 0. The SMILES string of the molecule is Nc1cccc2c1CCCN2C(=O)c1ccc(N2CCCC2)nn1. The lowest BCUT2D eigenvalue weighted by atomic mass is 9.99. The average Bonchev–Trinajstić information content (AvgIpc) is 3.16. The second-order valence-corrected chi connectivity index (χ2v) is 6.38. The largest absolute Gasteiger partial charge is 0.398 e. The molecule has 6 nitrogen and oxygen atoms in total. The van der Waals surface area contributed by atoms with Crippen molar-refractivity contribution in [3.05, 3.63) is 41.6 Å². The van der Waals surface area contributed by atoms with Crippen molar-refractivity contribution in [2.45, 2.75) is 25.7 Å². The number of nitrogens with zero attached hydrogens (tertiary/aromatic N) is 4. The molecule has 0 spiro atoms. The van der Waals surface area contributed by atoms with E-state index in [1.807, 2.05) is 24.3 Å². The molecule has 0 atom stereocenters. The Hall–Kier alpha value is -2.63. The van der Waals surface area contributed by atoms with Gasteiger partial charge in [0.2, 0.25) is 0 Å². The van der Waals surface area contributed by atoms with Crippen LogP contribution in [0.5, 0.6) is 0 Å². The van der Waals surface area contributed by atoms with Crippen LogP contribution in [0, 0.1) is 0 Å². The Kier molecular flexibility index (Phi) is 3.80. The number of benzene rings is 1. The van der Waals surface area contributed by atoms with Gasteiger partial charge in [-0.25, -0.2) is 0 Å². The summed E-state index contributed by atoms with van der Waals surface area (Å²) in [6, 6.07) is 9.41. The number of carbonyl (C=O) groups excluding carboxylic acids is 1. The van der Waals surface area contributed by atoms with Crippen LogP contribution in [-0.4, -0.2) is 35.7 Å². The summed E-state index contributed by atoms with van der Waals surface area (Å²) in [5, 5.41) is 8.43. The molecule has 2 aliphatic rings. The number of nitrogens with two attached hydrogens (primary N) is 1. The van der Waals surface area contributed by atoms with E-state index in [-0.39, 0.29) is 5.91 Å². The maximum absolute atomic E-state index is 12.9. The van der Waals surface area contributed by atoms with E-state index < -0.39 is 0 Å². The van der Waals surface area contributed by atoms with E-state index in [1.54, 1.807) is 11.0 Å². The zero-order valence-corrected chi connectivity index (χ0v) is 13.6. The van der Waals surface area contributed by atoms with Crippen molar-refractivity contribution in [1.29, 1.82) is 0 Å². The van der Waals surface area contributed by atoms with Crippen LogP contribution in [0.15, 0.2) is 30.3 Å². The lowest BCUT2D eigenvalue weighted by molar-refractivity contribution is 0.0979. The molecule has 0 saturated carbocycles. The van der Waals surface area contributed by atoms with Crippen molar-refractivity contribution in [1.82, 2.24) is 10.2 Å². The Morgan fingerprint density at radius 1 is 1.00 bits per heavy atom. The van der Waals surface area contributed by atoms with Gasteiger partial charge < -0.3 is 15.5 Å². The number of rotatable bonds is 2. The molecule has 124 valence electrons. The van der Waals surface area contributed by atoms with Crippen molar-refractivity contribution in [3.8, 4) is 0 Å². The Bertz CT molecular complexity index is 753. The van der Waals surface area contributed by atoms with E-state index >= 15 is 0 Å². The first-order valence-corrected chi connectivity index (χ1v) is 8.52. The van der Waals surface area contributed by atoms with E-state index in [4.69, 9.17) is 5.73 Å². The number of hydrogen-bond donors (Lipinski definition) is 1. The fourth-order valence-electron chi connectivity index (χ4n) is 3.56. The van der Waals surface area contributed by atoms with E-state index in [0.717, 1.165) is 48.7 Å². The summed E-state index contributed by atoms with van der Waals surface area (Å²) in [4.78, 5) is 16.9. The van der Waals surface area contributed by atoms with Crippen molar-refractivity contribution in [2.75, 3.05) is 35.2 Å². The maximum Gasteiger partial charge on any atom is 0.278 e. The van der Waals surface area contributed by atoms with Crippen LogP contribution in [0.2, 0.25) is 0 Å². The highest BCUT2D eigenvalue weighted by Crippen LogP contribution is 2.32. The zero-order chi connectivity index (χ0) is 16.5. The smallest absolute Gasteiger partial charge is 0.278 e. The first-order chi connectivity index (χ1) is 11.7. The fraction of sp³-hybridized carbons (Fsp3) is 0.389. The molecule has 2 aromatic rings. The van der Waals surface area contributed by atoms with Crippen molar-refractivity contribution < 1.29 is 4.79 Å². The van der Waals surface area contributed by atoms with E-state index in [0.29, 0.717) is 12.2 Å². The van der Waals surface area contributed by atoms with Crippen molar-refractivity contribution >= 4 is 23.1 Å². The molecule has 2 N–H and O–H groups in total. The van der Waals surface area contributed by atoms with Crippen LogP contribution in [0.1, 0.15) is 35.3 Å². The summed E-state index contributed by atoms with van der Waals surface area (Å²) < 4.78 is 0. The summed E-state index contributed by atoms with van der Waals surface area (Å²) in [6.07, 6.45) is 4.19. The van der Waals surface area contributed by atoms with Gasteiger partial charge in [0.15, 0.2) is 11.5 Å². The third-order valence-corrected chi connectivity index (χ3v) is 4.83. The number of hydrogen-bond acceptors (Lipinski definition) is 5. The predicted octanol–water partition coefficient (Wildman–Crippen LogP) is 2.25. The molecule has 0 bridgehead atoms. The molecule has 1 saturated heterocycles. The van der Waals surface area contributed by atoms with Gasteiger partial charge in [0.1, 0.15) is 0 Å². The standard InChI is InChI=1S/C18H21N5O/c19-14-6-3-7-16-13(14)5-4-12-23(16)18(24)15-8-9-17(21-20-15)22-10-1-2-11-22/h3,6-9H,1-2,4-5,10-12,19H2. The van der Waals surface area contributed by atoms with Gasteiger partial charge in [0, 0.05) is 31.0 Å². The second-order valence-electron chi connectivity index (χ2n) is 6.38. The molecule has 2 aliphatic heterocycles. The van der Waals surface area contributed by atoms with Gasteiger partial charge >= 0.3 is 0 Å². The highest BCUT2D eigenvalue weighted by atomic mass is 16.2.